The topological polar surface area (TPSA) is 64.9 Å². The third kappa shape index (κ3) is 1.82. The molecule has 0 saturated heterocycles. The lowest BCUT2D eigenvalue weighted by Crippen LogP contribution is -2.26. The minimum Gasteiger partial charge on any atom is -0.338 e. The normalized spacial score (nSPS) is 14.8. The molecule has 0 bridgehead atoms. The Morgan fingerprint density at radius 2 is 2.00 bits per heavy atom. The molecule has 1 aromatic heterocycles. The first-order chi connectivity index (χ1) is 5.41. The fourth-order valence-electron chi connectivity index (χ4n) is 0.810. The summed E-state index contributed by atoms with van der Waals surface area (Å²) in [6.07, 6.45) is 0. The molecule has 68 valence electrons. The van der Waals surface area contributed by atoms with E-state index in [2.05, 4.69) is 10.1 Å². The van der Waals surface area contributed by atoms with Crippen LogP contribution in [0.4, 0.5) is 0 Å². The monoisotopic (exact) mass is 169 g/mol. The van der Waals surface area contributed by atoms with Crippen molar-refractivity contribution in [3.05, 3.63) is 11.7 Å². The zero-order chi connectivity index (χ0) is 9.35. The van der Waals surface area contributed by atoms with Crippen LogP contribution >= 0.6 is 0 Å². The molecule has 1 atom stereocenters. The molecule has 0 aromatic carbocycles. The fraction of sp³-hybridized carbons (Fsp3) is 0.750. The second-order valence-electron chi connectivity index (χ2n) is 4.02. The SMILES string of the molecule is Cc1noc([C@H](N)C(C)(C)C)n1. The number of nitrogens with zero attached hydrogens (tertiary/aromatic N) is 2. The van der Waals surface area contributed by atoms with Crippen molar-refractivity contribution in [1.29, 1.82) is 0 Å². The lowest BCUT2D eigenvalue weighted by atomic mass is 9.87. The van der Waals surface area contributed by atoms with Gasteiger partial charge in [-0.15, -0.1) is 0 Å². The molecule has 1 aromatic rings. The second kappa shape index (κ2) is 2.86. The van der Waals surface area contributed by atoms with Gasteiger partial charge in [-0.1, -0.05) is 25.9 Å². The molecule has 0 aliphatic rings. The van der Waals surface area contributed by atoms with E-state index in [1.165, 1.54) is 0 Å². The van der Waals surface area contributed by atoms with Crippen LogP contribution in [0.3, 0.4) is 0 Å². The van der Waals surface area contributed by atoms with Crippen LogP contribution in [0.5, 0.6) is 0 Å². The van der Waals surface area contributed by atoms with Crippen LogP contribution in [0, 0.1) is 12.3 Å². The van der Waals surface area contributed by atoms with Gasteiger partial charge < -0.3 is 10.3 Å². The molecule has 0 saturated carbocycles. The Hall–Kier alpha value is -0.900. The van der Waals surface area contributed by atoms with Gasteiger partial charge in [-0.2, -0.15) is 4.98 Å². The lowest BCUT2D eigenvalue weighted by Gasteiger charge is -2.23. The summed E-state index contributed by atoms with van der Waals surface area (Å²) >= 11 is 0. The predicted octanol–water partition coefficient (Wildman–Crippen LogP) is 1.42. The Balaban J connectivity index is 2.85. The molecule has 12 heavy (non-hydrogen) atoms. The first-order valence-electron chi connectivity index (χ1n) is 3.97. The van der Waals surface area contributed by atoms with E-state index in [4.69, 9.17) is 10.3 Å². The van der Waals surface area contributed by atoms with E-state index in [-0.39, 0.29) is 11.5 Å². The Morgan fingerprint density at radius 3 is 2.33 bits per heavy atom. The van der Waals surface area contributed by atoms with Crippen LogP contribution in [0.2, 0.25) is 0 Å². The molecule has 0 unspecified atom stereocenters. The van der Waals surface area contributed by atoms with Gasteiger partial charge in [0.1, 0.15) is 0 Å². The van der Waals surface area contributed by atoms with E-state index in [1.807, 2.05) is 20.8 Å². The molecular formula is C8H15N3O. The summed E-state index contributed by atoms with van der Waals surface area (Å²) in [7, 11) is 0. The molecule has 1 heterocycles. The molecule has 4 nitrogen and oxygen atoms in total. The van der Waals surface area contributed by atoms with Crippen LogP contribution in [-0.4, -0.2) is 10.1 Å². The Labute approximate surface area is 72.1 Å². The summed E-state index contributed by atoms with van der Waals surface area (Å²) in [6.45, 7) is 7.90. The van der Waals surface area contributed by atoms with Crippen LogP contribution in [0.1, 0.15) is 38.5 Å². The summed E-state index contributed by atoms with van der Waals surface area (Å²) in [4.78, 5) is 4.07. The Kier molecular flexibility index (Phi) is 2.19. The predicted molar refractivity (Wildman–Crippen MR) is 45.4 cm³/mol. The first-order valence-corrected chi connectivity index (χ1v) is 3.97. The van der Waals surface area contributed by atoms with Crippen molar-refractivity contribution in [3.63, 3.8) is 0 Å². The van der Waals surface area contributed by atoms with Crippen LogP contribution in [0.25, 0.3) is 0 Å². The summed E-state index contributed by atoms with van der Waals surface area (Å²) in [5, 5.41) is 3.69. The van der Waals surface area contributed by atoms with Crippen LogP contribution < -0.4 is 5.73 Å². The minimum atomic E-state index is -0.196. The number of rotatable bonds is 1. The third-order valence-corrected chi connectivity index (χ3v) is 1.74. The number of aryl methyl sites for hydroxylation is 1. The summed E-state index contributed by atoms with van der Waals surface area (Å²) in [5.74, 6) is 1.14. The molecule has 1 rings (SSSR count). The van der Waals surface area contributed by atoms with E-state index in [1.54, 1.807) is 6.92 Å². The second-order valence-corrected chi connectivity index (χ2v) is 4.02. The van der Waals surface area contributed by atoms with E-state index >= 15 is 0 Å². The van der Waals surface area contributed by atoms with Crippen molar-refractivity contribution in [2.24, 2.45) is 11.1 Å². The maximum absolute atomic E-state index is 5.89. The molecule has 0 aliphatic heterocycles. The van der Waals surface area contributed by atoms with E-state index < -0.39 is 0 Å². The number of hydrogen-bond donors (Lipinski definition) is 1. The minimum absolute atomic E-state index is 0.0427. The highest BCUT2D eigenvalue weighted by Gasteiger charge is 2.26. The van der Waals surface area contributed by atoms with E-state index in [0.717, 1.165) is 0 Å². The van der Waals surface area contributed by atoms with Gasteiger partial charge in [0.2, 0.25) is 5.89 Å². The Morgan fingerprint density at radius 1 is 1.42 bits per heavy atom. The average Bonchev–Trinajstić information content (AvgIpc) is 2.32. The quantitative estimate of drug-likeness (QED) is 0.690. The van der Waals surface area contributed by atoms with Gasteiger partial charge in [-0.3, -0.25) is 0 Å². The van der Waals surface area contributed by atoms with Gasteiger partial charge in [-0.25, -0.2) is 0 Å². The molecule has 0 radical (unpaired) electrons. The number of nitrogens with two attached hydrogens (primary N) is 1. The maximum atomic E-state index is 5.89. The van der Waals surface area contributed by atoms with Crippen molar-refractivity contribution < 1.29 is 4.52 Å². The fourth-order valence-corrected chi connectivity index (χ4v) is 0.810. The average molecular weight is 169 g/mol. The summed E-state index contributed by atoms with van der Waals surface area (Å²) < 4.78 is 4.97. The largest absolute Gasteiger partial charge is 0.338 e. The zero-order valence-electron chi connectivity index (χ0n) is 7.96. The molecule has 0 fully saturated rings. The van der Waals surface area contributed by atoms with Crippen molar-refractivity contribution in [3.8, 4) is 0 Å². The highest BCUT2D eigenvalue weighted by atomic mass is 16.5. The highest BCUT2D eigenvalue weighted by Crippen LogP contribution is 2.28. The molecule has 0 aliphatic carbocycles. The van der Waals surface area contributed by atoms with Crippen molar-refractivity contribution >= 4 is 0 Å². The summed E-state index contributed by atoms with van der Waals surface area (Å²) in [6, 6.07) is -0.196. The standard InChI is InChI=1S/C8H15N3O/c1-5-10-7(12-11-5)6(9)8(2,3)4/h6H,9H2,1-4H3/t6-/m0/s1. The van der Waals surface area contributed by atoms with Gasteiger partial charge in [0.05, 0.1) is 6.04 Å². The van der Waals surface area contributed by atoms with E-state index in [0.29, 0.717) is 11.7 Å². The van der Waals surface area contributed by atoms with Crippen molar-refractivity contribution in [2.45, 2.75) is 33.7 Å². The molecule has 0 spiro atoms. The van der Waals surface area contributed by atoms with Gasteiger partial charge in [0.25, 0.3) is 0 Å². The van der Waals surface area contributed by atoms with E-state index in [9.17, 15) is 0 Å². The molecular weight excluding hydrogens is 154 g/mol. The molecule has 0 amide bonds. The maximum Gasteiger partial charge on any atom is 0.244 e. The Bertz CT molecular complexity index is 262. The third-order valence-electron chi connectivity index (χ3n) is 1.74. The van der Waals surface area contributed by atoms with Gasteiger partial charge >= 0.3 is 0 Å². The number of hydrogen-bond acceptors (Lipinski definition) is 4. The van der Waals surface area contributed by atoms with Gasteiger partial charge in [-0.05, 0) is 12.3 Å². The molecule has 4 heteroatoms. The molecule has 2 N–H and O–H groups in total. The lowest BCUT2D eigenvalue weighted by molar-refractivity contribution is 0.252. The van der Waals surface area contributed by atoms with Crippen LogP contribution in [-0.2, 0) is 0 Å². The smallest absolute Gasteiger partial charge is 0.244 e. The van der Waals surface area contributed by atoms with Crippen LogP contribution in [0.15, 0.2) is 4.52 Å². The highest BCUT2D eigenvalue weighted by molar-refractivity contribution is 4.95. The summed E-state index contributed by atoms with van der Waals surface area (Å²) in [5.41, 5.74) is 5.85. The zero-order valence-corrected chi connectivity index (χ0v) is 7.96. The van der Waals surface area contributed by atoms with Gasteiger partial charge in [0, 0.05) is 0 Å². The van der Waals surface area contributed by atoms with Crippen molar-refractivity contribution in [2.75, 3.05) is 0 Å². The first kappa shape index (κ1) is 9.19. The van der Waals surface area contributed by atoms with Crippen molar-refractivity contribution in [1.82, 2.24) is 10.1 Å². The number of aromatic nitrogens is 2. The van der Waals surface area contributed by atoms with Gasteiger partial charge in [0.15, 0.2) is 5.82 Å².